The fourth-order valence-corrected chi connectivity index (χ4v) is 2.06. The third kappa shape index (κ3) is 5.54. The number of Topliss-reactive ketones (excluding diaryl/α,β-unsaturated/α-hetero) is 1. The Morgan fingerprint density at radius 1 is 1.09 bits per heavy atom. The molecule has 1 amide bonds. The number of ketones is 1. The molecule has 0 aliphatic carbocycles. The van der Waals surface area contributed by atoms with Gasteiger partial charge in [-0.25, -0.2) is 4.39 Å². The van der Waals surface area contributed by atoms with E-state index in [1.165, 1.54) is 31.2 Å². The van der Waals surface area contributed by atoms with Crippen molar-refractivity contribution < 1.29 is 18.7 Å². The first-order valence-corrected chi connectivity index (χ1v) is 7.26. The highest BCUT2D eigenvalue weighted by Gasteiger charge is 2.17. The standard InChI is InChI=1S/C18H18FNO3/c1-13(21)17(11-14-5-3-2-4-6-14)20-18(22)12-23-16-9-7-15(19)8-10-16/h2-10,17H,11-12H2,1H3,(H,20,22)/t17-/m0/s1. The molecule has 0 aromatic heterocycles. The second-order valence-electron chi connectivity index (χ2n) is 5.16. The van der Waals surface area contributed by atoms with Crippen LogP contribution in [0.15, 0.2) is 54.6 Å². The van der Waals surface area contributed by atoms with Crippen LogP contribution in [0.5, 0.6) is 5.75 Å². The molecule has 0 bridgehead atoms. The van der Waals surface area contributed by atoms with Gasteiger partial charge in [-0.2, -0.15) is 0 Å². The maximum atomic E-state index is 12.8. The molecule has 2 rings (SSSR count). The van der Waals surface area contributed by atoms with Gasteiger partial charge in [0.05, 0.1) is 6.04 Å². The molecule has 1 N–H and O–H groups in total. The van der Waals surface area contributed by atoms with E-state index in [0.717, 1.165) is 5.56 Å². The molecule has 23 heavy (non-hydrogen) atoms. The summed E-state index contributed by atoms with van der Waals surface area (Å²) in [6, 6.07) is 14.2. The van der Waals surface area contributed by atoms with Crippen LogP contribution in [0, 0.1) is 5.82 Å². The SMILES string of the molecule is CC(=O)[C@H](Cc1ccccc1)NC(=O)COc1ccc(F)cc1. The van der Waals surface area contributed by atoms with Gasteiger partial charge in [0.1, 0.15) is 11.6 Å². The van der Waals surface area contributed by atoms with Crippen molar-refractivity contribution in [2.24, 2.45) is 0 Å². The summed E-state index contributed by atoms with van der Waals surface area (Å²) in [5.74, 6) is -0.500. The molecule has 0 unspecified atom stereocenters. The van der Waals surface area contributed by atoms with Gasteiger partial charge in [-0.05, 0) is 43.2 Å². The first-order chi connectivity index (χ1) is 11.0. The average Bonchev–Trinajstić information content (AvgIpc) is 2.54. The van der Waals surface area contributed by atoms with Crippen LogP contribution in [-0.4, -0.2) is 24.3 Å². The Hall–Kier alpha value is -2.69. The van der Waals surface area contributed by atoms with Crippen LogP contribution in [0.4, 0.5) is 4.39 Å². The van der Waals surface area contributed by atoms with Gasteiger partial charge in [-0.1, -0.05) is 30.3 Å². The molecule has 1 atom stereocenters. The lowest BCUT2D eigenvalue weighted by atomic mass is 10.0. The number of rotatable bonds is 7. The van der Waals surface area contributed by atoms with Crippen molar-refractivity contribution in [3.8, 4) is 5.75 Å². The molecule has 0 saturated carbocycles. The van der Waals surface area contributed by atoms with Crippen LogP contribution in [0.1, 0.15) is 12.5 Å². The largest absolute Gasteiger partial charge is 0.484 e. The lowest BCUT2D eigenvalue weighted by Gasteiger charge is -2.16. The van der Waals surface area contributed by atoms with E-state index in [2.05, 4.69) is 5.32 Å². The van der Waals surface area contributed by atoms with E-state index in [9.17, 15) is 14.0 Å². The van der Waals surface area contributed by atoms with Crippen molar-refractivity contribution >= 4 is 11.7 Å². The lowest BCUT2D eigenvalue weighted by Crippen LogP contribution is -2.43. The second-order valence-corrected chi connectivity index (χ2v) is 5.16. The Bertz CT molecular complexity index is 656. The van der Waals surface area contributed by atoms with Gasteiger partial charge < -0.3 is 10.1 Å². The molecular formula is C18H18FNO3. The second kappa shape index (κ2) is 8.08. The maximum Gasteiger partial charge on any atom is 0.258 e. The van der Waals surface area contributed by atoms with Crippen molar-refractivity contribution in [3.05, 3.63) is 66.0 Å². The normalized spacial score (nSPS) is 11.6. The summed E-state index contributed by atoms with van der Waals surface area (Å²) < 4.78 is 18.0. The van der Waals surface area contributed by atoms with Crippen LogP contribution in [0.2, 0.25) is 0 Å². The zero-order valence-corrected chi connectivity index (χ0v) is 12.8. The number of ether oxygens (including phenoxy) is 1. The van der Waals surface area contributed by atoms with E-state index >= 15 is 0 Å². The highest BCUT2D eigenvalue weighted by atomic mass is 19.1. The highest BCUT2D eigenvalue weighted by Crippen LogP contribution is 2.11. The molecular weight excluding hydrogens is 297 g/mol. The van der Waals surface area contributed by atoms with E-state index in [-0.39, 0.29) is 18.2 Å². The number of halogens is 1. The number of hydrogen-bond acceptors (Lipinski definition) is 3. The van der Waals surface area contributed by atoms with E-state index in [0.29, 0.717) is 12.2 Å². The van der Waals surface area contributed by atoms with E-state index < -0.39 is 11.9 Å². The number of nitrogens with one attached hydrogen (secondary N) is 1. The fraction of sp³-hybridized carbons (Fsp3) is 0.222. The van der Waals surface area contributed by atoms with Crippen molar-refractivity contribution in [2.45, 2.75) is 19.4 Å². The van der Waals surface area contributed by atoms with Gasteiger partial charge in [0.15, 0.2) is 12.4 Å². The van der Waals surface area contributed by atoms with Crippen LogP contribution < -0.4 is 10.1 Å². The summed E-state index contributed by atoms with van der Waals surface area (Å²) in [4.78, 5) is 23.6. The molecule has 0 radical (unpaired) electrons. The summed E-state index contributed by atoms with van der Waals surface area (Å²) in [7, 11) is 0. The molecule has 0 fully saturated rings. The molecule has 0 spiro atoms. The van der Waals surface area contributed by atoms with Crippen LogP contribution >= 0.6 is 0 Å². The molecule has 0 heterocycles. The predicted molar refractivity (Wildman–Crippen MR) is 84.7 cm³/mol. The monoisotopic (exact) mass is 315 g/mol. The Morgan fingerprint density at radius 2 is 1.74 bits per heavy atom. The number of amides is 1. The van der Waals surface area contributed by atoms with Gasteiger partial charge in [0.25, 0.3) is 5.91 Å². The summed E-state index contributed by atoms with van der Waals surface area (Å²) in [5.41, 5.74) is 0.965. The Kier molecular flexibility index (Phi) is 5.86. The number of benzene rings is 2. The third-order valence-corrected chi connectivity index (χ3v) is 3.29. The maximum absolute atomic E-state index is 12.8. The molecule has 2 aromatic carbocycles. The van der Waals surface area contributed by atoms with Gasteiger partial charge in [0, 0.05) is 0 Å². The predicted octanol–water partition coefficient (Wildman–Crippen LogP) is 2.52. The molecule has 4 nitrogen and oxygen atoms in total. The molecule has 0 aliphatic heterocycles. The zero-order valence-electron chi connectivity index (χ0n) is 12.8. The molecule has 0 aliphatic rings. The Morgan fingerprint density at radius 3 is 2.35 bits per heavy atom. The Balaban J connectivity index is 1.88. The van der Waals surface area contributed by atoms with Crippen molar-refractivity contribution in [2.75, 3.05) is 6.61 Å². The van der Waals surface area contributed by atoms with Gasteiger partial charge in [-0.15, -0.1) is 0 Å². The third-order valence-electron chi connectivity index (χ3n) is 3.29. The number of carbonyl (C=O) groups excluding carboxylic acids is 2. The first kappa shape index (κ1) is 16.7. The molecule has 0 saturated heterocycles. The smallest absolute Gasteiger partial charge is 0.258 e. The van der Waals surface area contributed by atoms with Crippen LogP contribution in [-0.2, 0) is 16.0 Å². The lowest BCUT2D eigenvalue weighted by molar-refractivity contribution is -0.128. The van der Waals surface area contributed by atoms with E-state index in [4.69, 9.17) is 4.74 Å². The van der Waals surface area contributed by atoms with Gasteiger partial charge in [-0.3, -0.25) is 9.59 Å². The topological polar surface area (TPSA) is 55.4 Å². The van der Waals surface area contributed by atoms with Gasteiger partial charge >= 0.3 is 0 Å². The highest BCUT2D eigenvalue weighted by molar-refractivity contribution is 5.88. The summed E-state index contributed by atoms with van der Waals surface area (Å²) in [6.07, 6.45) is 0.429. The molecule has 120 valence electrons. The summed E-state index contributed by atoms with van der Waals surface area (Å²) in [6.45, 7) is 1.21. The quantitative estimate of drug-likeness (QED) is 0.854. The minimum Gasteiger partial charge on any atom is -0.484 e. The number of carbonyl (C=O) groups is 2. The average molecular weight is 315 g/mol. The summed E-state index contributed by atoms with van der Waals surface area (Å²) >= 11 is 0. The minimum absolute atomic E-state index is 0.121. The van der Waals surface area contributed by atoms with Crippen LogP contribution in [0.3, 0.4) is 0 Å². The van der Waals surface area contributed by atoms with Gasteiger partial charge in [0.2, 0.25) is 0 Å². The van der Waals surface area contributed by atoms with E-state index in [1.54, 1.807) is 0 Å². The van der Waals surface area contributed by atoms with Crippen molar-refractivity contribution in [3.63, 3.8) is 0 Å². The fourth-order valence-electron chi connectivity index (χ4n) is 2.06. The first-order valence-electron chi connectivity index (χ1n) is 7.26. The van der Waals surface area contributed by atoms with Crippen LogP contribution in [0.25, 0.3) is 0 Å². The zero-order chi connectivity index (χ0) is 16.7. The minimum atomic E-state index is -0.596. The molecule has 5 heteroatoms. The number of hydrogen-bond donors (Lipinski definition) is 1. The molecule has 2 aromatic rings. The summed E-state index contributed by atoms with van der Waals surface area (Å²) in [5, 5.41) is 2.66. The Labute approximate surface area is 134 Å². The van der Waals surface area contributed by atoms with E-state index in [1.807, 2.05) is 30.3 Å². The van der Waals surface area contributed by atoms with Crippen molar-refractivity contribution in [1.29, 1.82) is 0 Å². The van der Waals surface area contributed by atoms with Crippen molar-refractivity contribution in [1.82, 2.24) is 5.32 Å².